The standard InChI is InChI=1S/C18H19ClN2O3/c1-4-24-16-10-13(9-15(19)17(16)23-3)11-20-21-18(22)14-8-6-5-7-12(14)2/h5-11H,4H2,1-3H3,(H,21,22)/b20-11+. The van der Waals surface area contributed by atoms with Gasteiger partial charge < -0.3 is 9.47 Å². The summed E-state index contributed by atoms with van der Waals surface area (Å²) in [4.78, 5) is 12.1. The van der Waals surface area contributed by atoms with Crippen molar-refractivity contribution >= 4 is 23.7 Å². The average Bonchev–Trinajstić information content (AvgIpc) is 2.55. The van der Waals surface area contributed by atoms with Crippen LogP contribution >= 0.6 is 11.6 Å². The molecule has 0 unspecified atom stereocenters. The molecule has 0 radical (unpaired) electrons. The van der Waals surface area contributed by atoms with Gasteiger partial charge in [-0.3, -0.25) is 4.79 Å². The number of amides is 1. The average molecular weight is 347 g/mol. The zero-order valence-electron chi connectivity index (χ0n) is 13.8. The third kappa shape index (κ3) is 4.26. The van der Waals surface area contributed by atoms with Crippen LogP contribution in [0.4, 0.5) is 0 Å². The van der Waals surface area contributed by atoms with Crippen molar-refractivity contribution in [2.24, 2.45) is 5.10 Å². The first-order chi connectivity index (χ1) is 11.6. The summed E-state index contributed by atoms with van der Waals surface area (Å²) in [5, 5.41) is 4.39. The number of methoxy groups -OCH3 is 1. The van der Waals surface area contributed by atoms with Crippen molar-refractivity contribution in [2.45, 2.75) is 13.8 Å². The van der Waals surface area contributed by atoms with Gasteiger partial charge in [-0.25, -0.2) is 5.43 Å². The van der Waals surface area contributed by atoms with Crippen LogP contribution in [0.5, 0.6) is 11.5 Å². The summed E-state index contributed by atoms with van der Waals surface area (Å²) < 4.78 is 10.7. The SMILES string of the molecule is CCOc1cc(/C=N/NC(=O)c2ccccc2C)cc(Cl)c1OC. The second-order valence-corrected chi connectivity index (χ2v) is 5.39. The number of halogens is 1. The Hall–Kier alpha value is -2.53. The number of carbonyl (C=O) groups excluding carboxylic acids is 1. The van der Waals surface area contributed by atoms with E-state index in [-0.39, 0.29) is 5.91 Å². The number of aryl methyl sites for hydroxylation is 1. The van der Waals surface area contributed by atoms with Crippen LogP contribution in [0.25, 0.3) is 0 Å². The summed E-state index contributed by atoms with van der Waals surface area (Å²) in [7, 11) is 1.53. The fourth-order valence-electron chi connectivity index (χ4n) is 2.18. The molecule has 0 saturated carbocycles. The van der Waals surface area contributed by atoms with E-state index in [0.717, 1.165) is 5.56 Å². The van der Waals surface area contributed by atoms with Crippen LogP contribution in [0, 0.1) is 6.92 Å². The van der Waals surface area contributed by atoms with Gasteiger partial charge >= 0.3 is 0 Å². The normalized spacial score (nSPS) is 10.7. The molecule has 5 nitrogen and oxygen atoms in total. The van der Waals surface area contributed by atoms with Gasteiger partial charge in [0.05, 0.1) is 25.0 Å². The van der Waals surface area contributed by atoms with Gasteiger partial charge in [0.15, 0.2) is 11.5 Å². The summed E-state index contributed by atoms with van der Waals surface area (Å²) >= 11 is 6.17. The van der Waals surface area contributed by atoms with Gasteiger partial charge in [-0.2, -0.15) is 5.10 Å². The van der Waals surface area contributed by atoms with Crippen LogP contribution in [0.15, 0.2) is 41.5 Å². The Morgan fingerprint density at radius 1 is 1.33 bits per heavy atom. The quantitative estimate of drug-likeness (QED) is 0.639. The minimum Gasteiger partial charge on any atom is -0.491 e. The number of nitrogens with zero attached hydrogens (tertiary/aromatic N) is 1. The summed E-state index contributed by atoms with van der Waals surface area (Å²) in [5.41, 5.74) is 4.66. The van der Waals surface area contributed by atoms with Crippen molar-refractivity contribution in [2.75, 3.05) is 13.7 Å². The molecule has 0 saturated heterocycles. The van der Waals surface area contributed by atoms with Crippen molar-refractivity contribution in [3.63, 3.8) is 0 Å². The number of hydrogen-bond acceptors (Lipinski definition) is 4. The maximum absolute atomic E-state index is 12.1. The maximum Gasteiger partial charge on any atom is 0.271 e. The van der Waals surface area contributed by atoms with Crippen LogP contribution in [-0.2, 0) is 0 Å². The van der Waals surface area contributed by atoms with E-state index in [1.807, 2.05) is 32.0 Å². The largest absolute Gasteiger partial charge is 0.491 e. The van der Waals surface area contributed by atoms with E-state index < -0.39 is 0 Å². The molecule has 1 N–H and O–H groups in total. The van der Waals surface area contributed by atoms with Gasteiger partial charge in [0.25, 0.3) is 5.91 Å². The molecule has 126 valence electrons. The van der Waals surface area contributed by atoms with Gasteiger partial charge in [-0.05, 0) is 43.2 Å². The van der Waals surface area contributed by atoms with E-state index in [9.17, 15) is 4.79 Å². The Balaban J connectivity index is 2.14. The summed E-state index contributed by atoms with van der Waals surface area (Å²) in [6, 6.07) is 10.7. The van der Waals surface area contributed by atoms with Crippen molar-refractivity contribution in [3.8, 4) is 11.5 Å². The second kappa shape index (κ2) is 8.36. The summed E-state index contributed by atoms with van der Waals surface area (Å²) in [6.07, 6.45) is 1.50. The highest BCUT2D eigenvalue weighted by atomic mass is 35.5. The summed E-state index contributed by atoms with van der Waals surface area (Å²) in [5.74, 6) is 0.729. The smallest absolute Gasteiger partial charge is 0.271 e. The lowest BCUT2D eigenvalue weighted by Crippen LogP contribution is -2.18. The van der Waals surface area contributed by atoms with E-state index in [4.69, 9.17) is 21.1 Å². The monoisotopic (exact) mass is 346 g/mol. The van der Waals surface area contributed by atoms with E-state index in [1.54, 1.807) is 18.2 Å². The number of hydrazone groups is 1. The lowest BCUT2D eigenvalue weighted by molar-refractivity contribution is 0.0954. The zero-order chi connectivity index (χ0) is 17.5. The Labute approximate surface area is 146 Å². The van der Waals surface area contributed by atoms with Crippen molar-refractivity contribution in [1.29, 1.82) is 0 Å². The van der Waals surface area contributed by atoms with Crippen LogP contribution in [0.1, 0.15) is 28.4 Å². The molecule has 1 amide bonds. The molecule has 0 aliphatic carbocycles. The third-order valence-corrected chi connectivity index (χ3v) is 3.59. The molecule has 2 aromatic carbocycles. The number of ether oxygens (including phenoxy) is 2. The van der Waals surface area contributed by atoms with Crippen LogP contribution < -0.4 is 14.9 Å². The molecule has 0 heterocycles. The van der Waals surface area contributed by atoms with Gasteiger partial charge in [0.1, 0.15) is 0 Å². The predicted molar refractivity (Wildman–Crippen MR) is 95.4 cm³/mol. The van der Waals surface area contributed by atoms with E-state index >= 15 is 0 Å². The number of hydrogen-bond donors (Lipinski definition) is 1. The van der Waals surface area contributed by atoms with E-state index in [0.29, 0.717) is 34.3 Å². The molecule has 0 aliphatic rings. The highest BCUT2D eigenvalue weighted by molar-refractivity contribution is 6.32. The van der Waals surface area contributed by atoms with Gasteiger partial charge in [0, 0.05) is 5.56 Å². The Morgan fingerprint density at radius 3 is 2.75 bits per heavy atom. The van der Waals surface area contributed by atoms with Gasteiger partial charge in [-0.1, -0.05) is 29.8 Å². The van der Waals surface area contributed by atoms with E-state index in [2.05, 4.69) is 10.5 Å². The van der Waals surface area contributed by atoms with E-state index in [1.165, 1.54) is 13.3 Å². The maximum atomic E-state index is 12.1. The lowest BCUT2D eigenvalue weighted by atomic mass is 10.1. The molecule has 0 fully saturated rings. The number of rotatable bonds is 6. The van der Waals surface area contributed by atoms with Crippen molar-refractivity contribution in [3.05, 3.63) is 58.1 Å². The number of carbonyl (C=O) groups is 1. The molecular formula is C18H19ClN2O3. The third-order valence-electron chi connectivity index (χ3n) is 3.31. The molecule has 24 heavy (non-hydrogen) atoms. The zero-order valence-corrected chi connectivity index (χ0v) is 14.6. The fourth-order valence-corrected chi connectivity index (χ4v) is 2.47. The highest BCUT2D eigenvalue weighted by Gasteiger charge is 2.11. The second-order valence-electron chi connectivity index (χ2n) is 4.98. The lowest BCUT2D eigenvalue weighted by Gasteiger charge is -2.11. The van der Waals surface area contributed by atoms with Crippen LogP contribution in [0.2, 0.25) is 5.02 Å². The van der Waals surface area contributed by atoms with Crippen LogP contribution in [-0.4, -0.2) is 25.8 Å². The van der Waals surface area contributed by atoms with Gasteiger partial charge in [-0.15, -0.1) is 0 Å². The molecule has 0 atom stereocenters. The molecule has 2 rings (SSSR count). The van der Waals surface area contributed by atoms with Crippen molar-refractivity contribution < 1.29 is 14.3 Å². The molecule has 2 aromatic rings. The number of nitrogens with one attached hydrogen (secondary N) is 1. The predicted octanol–water partition coefficient (Wildman–Crippen LogP) is 3.82. The minimum atomic E-state index is -0.269. The minimum absolute atomic E-state index is 0.269. The molecule has 0 aromatic heterocycles. The Morgan fingerprint density at radius 2 is 2.08 bits per heavy atom. The topological polar surface area (TPSA) is 59.9 Å². The molecular weight excluding hydrogens is 328 g/mol. The Kier molecular flexibility index (Phi) is 6.21. The molecule has 6 heteroatoms. The number of benzene rings is 2. The summed E-state index contributed by atoms with van der Waals surface area (Å²) in [6.45, 7) is 4.23. The molecule has 0 bridgehead atoms. The highest BCUT2D eigenvalue weighted by Crippen LogP contribution is 2.35. The van der Waals surface area contributed by atoms with Gasteiger partial charge in [0.2, 0.25) is 0 Å². The van der Waals surface area contributed by atoms with Crippen LogP contribution in [0.3, 0.4) is 0 Å². The first-order valence-corrected chi connectivity index (χ1v) is 7.84. The molecule has 0 spiro atoms. The van der Waals surface area contributed by atoms with Crippen molar-refractivity contribution in [1.82, 2.24) is 5.43 Å². The molecule has 0 aliphatic heterocycles. The first-order valence-electron chi connectivity index (χ1n) is 7.46. The Bertz CT molecular complexity index is 760. The first kappa shape index (κ1) is 17.8. The fraction of sp³-hybridized carbons (Fsp3) is 0.222.